The lowest BCUT2D eigenvalue weighted by molar-refractivity contribution is 0.437. The Morgan fingerprint density at radius 2 is 1.95 bits per heavy atom. The van der Waals surface area contributed by atoms with Crippen molar-refractivity contribution in [1.29, 1.82) is 0 Å². The first-order chi connectivity index (χ1) is 10.2. The molecule has 0 spiro atoms. The minimum absolute atomic E-state index is 0.143. The Morgan fingerprint density at radius 3 is 2.71 bits per heavy atom. The van der Waals surface area contributed by atoms with E-state index in [9.17, 15) is 4.39 Å². The van der Waals surface area contributed by atoms with Gasteiger partial charge in [-0.05, 0) is 29.8 Å². The van der Waals surface area contributed by atoms with Gasteiger partial charge in [-0.15, -0.1) is 16.7 Å². The van der Waals surface area contributed by atoms with Gasteiger partial charge in [0.05, 0.1) is 5.69 Å². The van der Waals surface area contributed by atoms with Crippen LogP contribution in [0.2, 0.25) is 0 Å². The number of benzene rings is 2. The molecule has 1 heterocycles. The Bertz CT molecular complexity index is 746. The van der Waals surface area contributed by atoms with Crippen molar-refractivity contribution < 1.29 is 9.13 Å². The van der Waals surface area contributed by atoms with Crippen molar-refractivity contribution in [3.05, 3.63) is 66.2 Å². The molecule has 21 heavy (non-hydrogen) atoms. The Hall–Kier alpha value is -2.40. The van der Waals surface area contributed by atoms with E-state index < -0.39 is 5.82 Å². The van der Waals surface area contributed by atoms with Gasteiger partial charge >= 0.3 is 6.01 Å². The molecule has 0 aliphatic carbocycles. The molecule has 0 amide bonds. The van der Waals surface area contributed by atoms with Gasteiger partial charge < -0.3 is 4.74 Å². The van der Waals surface area contributed by atoms with Gasteiger partial charge in [0.2, 0.25) is 0 Å². The van der Waals surface area contributed by atoms with Crippen LogP contribution in [-0.4, -0.2) is 14.8 Å². The molecular weight excluding hydrogens is 293 g/mol. The van der Waals surface area contributed by atoms with Gasteiger partial charge in [0, 0.05) is 11.9 Å². The van der Waals surface area contributed by atoms with Gasteiger partial charge in [-0.1, -0.05) is 18.2 Å². The first kappa shape index (κ1) is 13.6. The van der Waals surface area contributed by atoms with Crippen molar-refractivity contribution in [1.82, 2.24) is 14.8 Å². The highest BCUT2D eigenvalue weighted by molar-refractivity contribution is 6.17. The molecule has 0 aliphatic rings. The zero-order valence-electron chi connectivity index (χ0n) is 10.9. The number of hydrogen-bond acceptors (Lipinski definition) is 3. The van der Waals surface area contributed by atoms with Crippen molar-refractivity contribution in [3.63, 3.8) is 0 Å². The van der Waals surface area contributed by atoms with Crippen LogP contribution in [0.5, 0.6) is 11.8 Å². The summed E-state index contributed by atoms with van der Waals surface area (Å²) in [6, 6.07) is 13.9. The van der Waals surface area contributed by atoms with Crippen LogP contribution in [0.1, 0.15) is 5.56 Å². The summed E-state index contributed by atoms with van der Waals surface area (Å²) in [5, 5.41) is 4.19. The molecule has 0 saturated carbocycles. The second kappa shape index (κ2) is 5.93. The quantitative estimate of drug-likeness (QED) is 0.685. The number of nitrogens with zero attached hydrogens (tertiary/aromatic N) is 3. The lowest BCUT2D eigenvalue weighted by Crippen LogP contribution is -1.95. The Morgan fingerprint density at radius 1 is 1.14 bits per heavy atom. The van der Waals surface area contributed by atoms with Gasteiger partial charge in [0.15, 0.2) is 0 Å². The number of halogens is 2. The van der Waals surface area contributed by atoms with Crippen molar-refractivity contribution in [3.8, 4) is 17.4 Å². The van der Waals surface area contributed by atoms with Gasteiger partial charge in [-0.2, -0.15) is 4.98 Å². The normalized spacial score (nSPS) is 10.6. The molecule has 0 atom stereocenters. The molecule has 1 aromatic heterocycles. The van der Waals surface area contributed by atoms with Crippen LogP contribution in [0.25, 0.3) is 5.69 Å². The second-order valence-corrected chi connectivity index (χ2v) is 4.61. The summed E-state index contributed by atoms with van der Waals surface area (Å²) < 4.78 is 20.4. The molecular formula is C15H11ClFN3O. The van der Waals surface area contributed by atoms with Crippen LogP contribution in [0, 0.1) is 5.82 Å². The van der Waals surface area contributed by atoms with Crippen LogP contribution in [0.15, 0.2) is 54.9 Å². The molecule has 0 saturated heterocycles. The largest absolute Gasteiger partial charge is 0.423 e. The molecule has 4 nitrogen and oxygen atoms in total. The smallest absolute Gasteiger partial charge is 0.341 e. The molecule has 3 rings (SSSR count). The van der Waals surface area contributed by atoms with Crippen LogP contribution >= 0.6 is 11.6 Å². The maximum Gasteiger partial charge on any atom is 0.341 e. The molecule has 0 bridgehead atoms. The third-order valence-corrected chi connectivity index (χ3v) is 3.09. The molecule has 106 valence electrons. The summed E-state index contributed by atoms with van der Waals surface area (Å²) in [7, 11) is 0. The minimum atomic E-state index is -0.411. The van der Waals surface area contributed by atoms with Gasteiger partial charge in [-0.25, -0.2) is 9.07 Å². The first-order valence-corrected chi connectivity index (χ1v) is 6.78. The average Bonchev–Trinajstić information content (AvgIpc) is 2.96. The molecule has 3 aromatic rings. The fraction of sp³-hybridized carbons (Fsp3) is 0.0667. The molecule has 0 unspecified atom stereocenters. The number of aromatic nitrogens is 3. The lowest BCUT2D eigenvalue weighted by atomic mass is 10.2. The summed E-state index contributed by atoms with van der Waals surface area (Å²) in [5.74, 6) is 0.113. The van der Waals surface area contributed by atoms with E-state index in [-0.39, 0.29) is 11.9 Å². The molecule has 0 radical (unpaired) electrons. The molecule has 0 aliphatic heterocycles. The van der Waals surface area contributed by atoms with E-state index in [1.54, 1.807) is 10.7 Å². The van der Waals surface area contributed by atoms with Crippen molar-refractivity contribution in [2.75, 3.05) is 0 Å². The van der Waals surface area contributed by atoms with E-state index in [1.807, 2.05) is 30.3 Å². The predicted octanol–water partition coefficient (Wildman–Crippen LogP) is 3.94. The summed E-state index contributed by atoms with van der Waals surface area (Å²) in [5.41, 5.74) is 1.50. The molecule has 0 N–H and O–H groups in total. The fourth-order valence-corrected chi connectivity index (χ4v) is 2.02. The summed E-state index contributed by atoms with van der Waals surface area (Å²) in [6.45, 7) is 0. The number of alkyl halides is 1. The van der Waals surface area contributed by atoms with Crippen molar-refractivity contribution in [2.45, 2.75) is 5.88 Å². The van der Waals surface area contributed by atoms with Crippen LogP contribution in [-0.2, 0) is 5.88 Å². The Balaban J connectivity index is 1.83. The van der Waals surface area contributed by atoms with Crippen LogP contribution in [0.3, 0.4) is 0 Å². The molecule has 6 heteroatoms. The summed E-state index contributed by atoms with van der Waals surface area (Å²) >= 11 is 5.70. The zero-order valence-corrected chi connectivity index (χ0v) is 11.7. The van der Waals surface area contributed by atoms with Crippen molar-refractivity contribution >= 4 is 11.6 Å². The highest BCUT2D eigenvalue weighted by Gasteiger charge is 2.07. The SMILES string of the molecule is Fc1cc(CCl)cc(Oc2ncn(-c3ccccc3)n2)c1. The van der Waals surface area contributed by atoms with Crippen LogP contribution < -0.4 is 4.74 Å². The molecule has 2 aromatic carbocycles. The van der Waals surface area contributed by atoms with Gasteiger partial charge in [0.25, 0.3) is 0 Å². The minimum Gasteiger partial charge on any atom is -0.423 e. The molecule has 0 fully saturated rings. The third kappa shape index (κ3) is 3.20. The maximum absolute atomic E-state index is 13.4. The summed E-state index contributed by atoms with van der Waals surface area (Å²) in [6.07, 6.45) is 1.53. The monoisotopic (exact) mass is 303 g/mol. The summed E-state index contributed by atoms with van der Waals surface area (Å²) in [4.78, 5) is 4.05. The van der Waals surface area contributed by atoms with Crippen LogP contribution in [0.4, 0.5) is 4.39 Å². The van der Waals surface area contributed by atoms with E-state index >= 15 is 0 Å². The van der Waals surface area contributed by atoms with E-state index in [4.69, 9.17) is 16.3 Å². The average molecular weight is 304 g/mol. The zero-order chi connectivity index (χ0) is 14.7. The topological polar surface area (TPSA) is 39.9 Å². The number of ether oxygens (including phenoxy) is 1. The van der Waals surface area contributed by atoms with E-state index in [0.717, 1.165) is 5.69 Å². The third-order valence-electron chi connectivity index (χ3n) is 2.79. The number of para-hydroxylation sites is 1. The van der Waals surface area contributed by atoms with Gasteiger partial charge in [-0.3, -0.25) is 0 Å². The van der Waals surface area contributed by atoms with E-state index in [1.165, 1.54) is 18.5 Å². The Kier molecular flexibility index (Phi) is 3.83. The maximum atomic E-state index is 13.4. The van der Waals surface area contributed by atoms with Crippen molar-refractivity contribution in [2.24, 2.45) is 0 Å². The fourth-order valence-electron chi connectivity index (χ4n) is 1.86. The first-order valence-electron chi connectivity index (χ1n) is 6.25. The highest BCUT2D eigenvalue weighted by atomic mass is 35.5. The van der Waals surface area contributed by atoms with E-state index in [0.29, 0.717) is 11.3 Å². The standard InChI is InChI=1S/C15H11ClFN3O/c16-9-11-6-12(17)8-14(7-11)21-15-18-10-20(19-15)13-4-2-1-3-5-13/h1-8,10H,9H2. The Labute approximate surface area is 125 Å². The number of rotatable bonds is 4. The van der Waals surface area contributed by atoms with E-state index in [2.05, 4.69) is 10.1 Å². The van der Waals surface area contributed by atoms with Gasteiger partial charge in [0.1, 0.15) is 17.9 Å². The second-order valence-electron chi connectivity index (χ2n) is 4.34. The predicted molar refractivity (Wildman–Crippen MR) is 77.4 cm³/mol. The highest BCUT2D eigenvalue weighted by Crippen LogP contribution is 2.22. The lowest BCUT2D eigenvalue weighted by Gasteiger charge is -2.03. The number of hydrogen-bond donors (Lipinski definition) is 0.